The van der Waals surface area contributed by atoms with Crippen LogP contribution < -0.4 is 0 Å². The van der Waals surface area contributed by atoms with Gasteiger partial charge in [-0.15, -0.1) is 0 Å². The number of halogens is 1. The zero-order chi connectivity index (χ0) is 23.7. The van der Waals surface area contributed by atoms with Crippen LogP contribution in [0.15, 0.2) is 24.3 Å². The summed E-state index contributed by atoms with van der Waals surface area (Å²) >= 11 is 5.86. The van der Waals surface area contributed by atoms with Crippen molar-refractivity contribution in [1.82, 2.24) is 9.80 Å². The van der Waals surface area contributed by atoms with E-state index in [4.69, 9.17) is 32.0 Å². The zero-order valence-corrected chi connectivity index (χ0v) is 18.1. The monoisotopic (exact) mass is 460 g/mol. The van der Waals surface area contributed by atoms with Gasteiger partial charge in [0.2, 0.25) is 0 Å². The first-order valence-electron chi connectivity index (χ1n) is 9.72. The molecule has 0 bridgehead atoms. The third-order valence-corrected chi connectivity index (χ3v) is 5.05. The van der Waals surface area contributed by atoms with Gasteiger partial charge in [0.25, 0.3) is 5.91 Å². The number of carboxylic acids is 2. The van der Waals surface area contributed by atoms with Crippen molar-refractivity contribution in [3.63, 3.8) is 0 Å². The van der Waals surface area contributed by atoms with E-state index < -0.39 is 24.1 Å². The zero-order valence-electron chi connectivity index (χ0n) is 17.4. The molecule has 1 aliphatic rings. The van der Waals surface area contributed by atoms with Gasteiger partial charge in [-0.05, 0) is 30.7 Å². The minimum atomic E-state index is -2.27. The molecule has 2 unspecified atom stereocenters. The van der Waals surface area contributed by atoms with Gasteiger partial charge in [0.15, 0.2) is 12.2 Å². The van der Waals surface area contributed by atoms with Crippen LogP contribution in [0.2, 0.25) is 5.02 Å². The first-order valence-corrected chi connectivity index (χ1v) is 10.1. The highest BCUT2D eigenvalue weighted by Crippen LogP contribution is 2.17. The number of aliphatic hydroxyl groups excluding tert-OH is 3. The molecule has 1 aromatic carbocycles. The van der Waals surface area contributed by atoms with Crippen molar-refractivity contribution in [2.75, 3.05) is 26.7 Å². The molecule has 5 N–H and O–H groups in total. The second-order valence-electron chi connectivity index (χ2n) is 7.30. The molecule has 174 valence electrons. The molecule has 0 aliphatic carbocycles. The number of carbonyl (C=O) groups is 3. The second kappa shape index (κ2) is 12.6. The molecule has 0 saturated carbocycles. The maximum atomic E-state index is 12.5. The van der Waals surface area contributed by atoms with E-state index in [2.05, 4.69) is 11.8 Å². The fraction of sp³-hybridized carbons (Fsp3) is 0.550. The maximum absolute atomic E-state index is 12.5. The number of carbonyl (C=O) groups excluding carboxylic acids is 1. The Labute approximate surface area is 185 Å². The Hall–Kier alpha value is -2.24. The predicted molar refractivity (Wildman–Crippen MR) is 112 cm³/mol. The molecule has 1 saturated heterocycles. The van der Waals surface area contributed by atoms with Crippen molar-refractivity contribution in [2.45, 2.75) is 44.1 Å². The SMILES string of the molecule is CCC[C@@H](CN1CC(O)C1)N(C)C(=O)c1ccc(Cl)cc1.O=C(O)C(O)C(O)C(=O)O. The van der Waals surface area contributed by atoms with Crippen LogP contribution in [0.1, 0.15) is 30.1 Å². The smallest absolute Gasteiger partial charge is 0.335 e. The van der Waals surface area contributed by atoms with Crippen LogP contribution in [0.5, 0.6) is 0 Å². The number of hydrogen-bond donors (Lipinski definition) is 5. The molecule has 1 aliphatic heterocycles. The third kappa shape index (κ3) is 8.42. The van der Waals surface area contributed by atoms with Gasteiger partial charge >= 0.3 is 11.9 Å². The second-order valence-corrected chi connectivity index (χ2v) is 7.74. The summed E-state index contributed by atoms with van der Waals surface area (Å²) in [7, 11) is 1.85. The van der Waals surface area contributed by atoms with E-state index in [1.807, 2.05) is 11.9 Å². The fourth-order valence-electron chi connectivity index (χ4n) is 2.96. The van der Waals surface area contributed by atoms with Crippen LogP contribution >= 0.6 is 11.6 Å². The number of carboxylic acid groups (broad SMARTS) is 2. The fourth-order valence-corrected chi connectivity index (χ4v) is 3.09. The molecular formula is C20H29ClN2O8. The topological polar surface area (TPSA) is 159 Å². The highest BCUT2D eigenvalue weighted by atomic mass is 35.5. The molecule has 0 aromatic heterocycles. The van der Waals surface area contributed by atoms with Crippen molar-refractivity contribution in [3.05, 3.63) is 34.9 Å². The van der Waals surface area contributed by atoms with E-state index in [0.29, 0.717) is 23.7 Å². The summed E-state index contributed by atoms with van der Waals surface area (Å²) in [5, 5.41) is 42.5. The summed E-state index contributed by atoms with van der Waals surface area (Å²) in [6.45, 7) is 4.37. The first kappa shape index (κ1) is 26.8. The molecule has 31 heavy (non-hydrogen) atoms. The predicted octanol–water partition coefficient (Wildman–Crippen LogP) is 0.135. The van der Waals surface area contributed by atoms with E-state index in [1.165, 1.54) is 0 Å². The summed E-state index contributed by atoms with van der Waals surface area (Å²) in [5.74, 6) is -3.52. The molecule has 1 heterocycles. The number of aliphatic hydroxyl groups is 3. The summed E-state index contributed by atoms with van der Waals surface area (Å²) in [5.41, 5.74) is 0.659. The highest BCUT2D eigenvalue weighted by Gasteiger charge is 2.30. The largest absolute Gasteiger partial charge is 0.479 e. The standard InChI is InChI=1S/C16H23ClN2O2.C4H6O6/c1-3-4-14(9-19-10-15(20)11-19)18(2)16(21)12-5-7-13(17)8-6-12;5-1(3(7)8)2(6)4(9)10/h5-8,14-15,20H,3-4,9-11H2,1-2H3;1-2,5-6H,(H,7,8)(H,9,10)/t14-;/m0./s1. The Kier molecular flexibility index (Phi) is 10.9. The lowest BCUT2D eigenvalue weighted by atomic mass is 10.1. The quantitative estimate of drug-likeness (QED) is 0.345. The normalized spacial score (nSPS) is 16.8. The number of rotatable bonds is 9. The number of hydrogen-bond acceptors (Lipinski definition) is 7. The molecule has 3 atom stereocenters. The number of aliphatic carboxylic acids is 2. The van der Waals surface area contributed by atoms with Gasteiger partial charge in [-0.1, -0.05) is 24.9 Å². The van der Waals surface area contributed by atoms with Crippen LogP contribution in [0, 0.1) is 0 Å². The van der Waals surface area contributed by atoms with Gasteiger partial charge in [-0.3, -0.25) is 9.69 Å². The first-order chi connectivity index (χ1) is 14.5. The number of benzene rings is 1. The van der Waals surface area contributed by atoms with Crippen LogP contribution in [0.25, 0.3) is 0 Å². The molecular weight excluding hydrogens is 432 g/mol. The van der Waals surface area contributed by atoms with Gasteiger partial charge in [-0.25, -0.2) is 9.59 Å². The molecule has 0 spiro atoms. The van der Waals surface area contributed by atoms with E-state index in [1.54, 1.807) is 24.3 Å². The third-order valence-electron chi connectivity index (χ3n) is 4.79. The summed E-state index contributed by atoms with van der Waals surface area (Å²) < 4.78 is 0. The molecule has 1 amide bonds. The molecule has 1 aromatic rings. The maximum Gasteiger partial charge on any atom is 0.335 e. The Bertz CT molecular complexity index is 721. The van der Waals surface area contributed by atoms with E-state index in [9.17, 15) is 19.5 Å². The van der Waals surface area contributed by atoms with Gasteiger partial charge in [-0.2, -0.15) is 0 Å². The summed E-state index contributed by atoms with van der Waals surface area (Å²) in [6.07, 6.45) is -2.75. The minimum Gasteiger partial charge on any atom is -0.479 e. The van der Waals surface area contributed by atoms with Gasteiger partial charge < -0.3 is 30.4 Å². The molecule has 0 radical (unpaired) electrons. The van der Waals surface area contributed by atoms with Crippen LogP contribution in [0.4, 0.5) is 0 Å². The number of nitrogens with zero attached hydrogens (tertiary/aromatic N) is 2. The van der Waals surface area contributed by atoms with Crippen LogP contribution in [0.3, 0.4) is 0 Å². The highest BCUT2D eigenvalue weighted by molar-refractivity contribution is 6.30. The van der Waals surface area contributed by atoms with Gasteiger partial charge in [0.05, 0.1) is 6.10 Å². The lowest BCUT2D eigenvalue weighted by molar-refractivity contribution is -0.165. The Morgan fingerprint density at radius 3 is 1.97 bits per heavy atom. The minimum absolute atomic E-state index is 0.0196. The van der Waals surface area contributed by atoms with E-state index in [0.717, 1.165) is 19.4 Å². The Morgan fingerprint density at radius 2 is 1.58 bits per heavy atom. The Balaban J connectivity index is 0.000000407. The average Bonchev–Trinajstić information content (AvgIpc) is 2.70. The van der Waals surface area contributed by atoms with E-state index in [-0.39, 0.29) is 18.1 Å². The summed E-state index contributed by atoms with van der Waals surface area (Å²) in [4.78, 5) is 36.1. The van der Waals surface area contributed by atoms with Crippen molar-refractivity contribution in [3.8, 4) is 0 Å². The molecule has 1 fully saturated rings. The van der Waals surface area contributed by atoms with Gasteiger partial charge in [0, 0.05) is 43.3 Å². The number of likely N-dealkylation sites (tertiary alicyclic amines) is 1. The van der Waals surface area contributed by atoms with Crippen molar-refractivity contribution < 1.29 is 39.9 Å². The summed E-state index contributed by atoms with van der Waals surface area (Å²) in [6, 6.07) is 7.17. The van der Waals surface area contributed by atoms with Gasteiger partial charge in [0.1, 0.15) is 0 Å². The van der Waals surface area contributed by atoms with Crippen molar-refractivity contribution in [1.29, 1.82) is 0 Å². The van der Waals surface area contributed by atoms with Crippen LogP contribution in [-0.4, -0.2) is 104 Å². The Morgan fingerprint density at radius 1 is 1.10 bits per heavy atom. The number of amides is 1. The average molecular weight is 461 g/mol. The molecule has 11 heteroatoms. The van der Waals surface area contributed by atoms with Crippen molar-refractivity contribution in [2.24, 2.45) is 0 Å². The number of β-amino-alcohol motifs (C(OH)–C–C–N with tert-alkyl or cyclic N) is 1. The lowest BCUT2D eigenvalue weighted by Gasteiger charge is -2.40. The number of likely N-dealkylation sites (N-methyl/N-ethyl adjacent to an activating group) is 1. The van der Waals surface area contributed by atoms with Crippen molar-refractivity contribution >= 4 is 29.4 Å². The van der Waals surface area contributed by atoms with E-state index >= 15 is 0 Å². The van der Waals surface area contributed by atoms with Crippen LogP contribution in [-0.2, 0) is 9.59 Å². The molecule has 10 nitrogen and oxygen atoms in total. The lowest BCUT2D eigenvalue weighted by Crippen LogP contribution is -2.55. The molecule has 2 rings (SSSR count).